The number of aryl methyl sites for hydroxylation is 1. The van der Waals surface area contributed by atoms with Gasteiger partial charge in [0.05, 0.1) is 4.90 Å². The molecule has 0 bridgehead atoms. The van der Waals surface area contributed by atoms with Crippen LogP contribution in [-0.2, 0) is 10.0 Å². The van der Waals surface area contributed by atoms with E-state index in [-0.39, 0.29) is 22.6 Å². The highest BCUT2D eigenvalue weighted by molar-refractivity contribution is 7.89. The number of sulfonamides is 1. The third-order valence-corrected chi connectivity index (χ3v) is 7.54. The zero-order chi connectivity index (χ0) is 20.6. The summed E-state index contributed by atoms with van der Waals surface area (Å²) in [5.41, 5.74) is 1.95. The van der Waals surface area contributed by atoms with Gasteiger partial charge in [0.2, 0.25) is 10.0 Å². The van der Waals surface area contributed by atoms with Crippen LogP contribution in [0.2, 0.25) is 0 Å². The molecule has 1 N–H and O–H groups in total. The molecule has 2 aromatic carbocycles. The van der Waals surface area contributed by atoms with Crippen molar-refractivity contribution in [1.82, 2.24) is 4.31 Å². The average molecular weight is 413 g/mol. The molecule has 1 aromatic heterocycles. The number of furan rings is 1. The molecular formula is C22H24N2O4S. The molecule has 2 heterocycles. The van der Waals surface area contributed by atoms with Gasteiger partial charge in [-0.15, -0.1) is 0 Å². The van der Waals surface area contributed by atoms with Crippen molar-refractivity contribution in [2.75, 3.05) is 11.9 Å². The molecule has 1 saturated heterocycles. The molecule has 0 spiro atoms. The highest BCUT2D eigenvalue weighted by Gasteiger charge is 2.30. The van der Waals surface area contributed by atoms with Gasteiger partial charge in [0, 0.05) is 29.2 Å². The van der Waals surface area contributed by atoms with Crippen molar-refractivity contribution >= 4 is 32.6 Å². The van der Waals surface area contributed by atoms with Gasteiger partial charge < -0.3 is 9.73 Å². The van der Waals surface area contributed by atoms with Crippen LogP contribution < -0.4 is 5.32 Å². The highest BCUT2D eigenvalue weighted by atomic mass is 32.2. The van der Waals surface area contributed by atoms with Crippen molar-refractivity contribution in [3.8, 4) is 0 Å². The molecule has 1 aliphatic heterocycles. The number of piperidine rings is 1. The van der Waals surface area contributed by atoms with Crippen LogP contribution in [0.4, 0.5) is 5.69 Å². The van der Waals surface area contributed by atoms with E-state index in [0.717, 1.165) is 30.2 Å². The molecule has 0 radical (unpaired) electrons. The fourth-order valence-corrected chi connectivity index (χ4v) is 5.55. The van der Waals surface area contributed by atoms with E-state index >= 15 is 0 Å². The maximum Gasteiger partial charge on any atom is 0.291 e. The van der Waals surface area contributed by atoms with Gasteiger partial charge in [-0.3, -0.25) is 4.79 Å². The van der Waals surface area contributed by atoms with E-state index in [1.54, 1.807) is 16.4 Å². The first-order valence-corrected chi connectivity index (χ1v) is 11.2. The molecule has 1 fully saturated rings. The summed E-state index contributed by atoms with van der Waals surface area (Å²) in [7, 11) is -3.53. The molecule has 7 heteroatoms. The van der Waals surface area contributed by atoms with Gasteiger partial charge in [-0.2, -0.15) is 4.31 Å². The minimum Gasteiger partial charge on any atom is -0.451 e. The van der Waals surface area contributed by atoms with Gasteiger partial charge in [0.15, 0.2) is 5.76 Å². The number of rotatable bonds is 4. The molecule has 1 aliphatic rings. The van der Waals surface area contributed by atoms with Crippen molar-refractivity contribution in [2.45, 2.75) is 44.0 Å². The lowest BCUT2D eigenvalue weighted by Gasteiger charge is -2.32. The van der Waals surface area contributed by atoms with Gasteiger partial charge in [-0.05, 0) is 57.0 Å². The summed E-state index contributed by atoms with van der Waals surface area (Å²) in [6.45, 7) is 4.34. The summed E-state index contributed by atoms with van der Waals surface area (Å²) < 4.78 is 33.1. The minimum atomic E-state index is -3.53. The smallest absolute Gasteiger partial charge is 0.291 e. The summed E-state index contributed by atoms with van der Waals surface area (Å²) in [4.78, 5) is 12.9. The fraction of sp³-hybridized carbons (Fsp3) is 0.318. The molecule has 0 saturated carbocycles. The topological polar surface area (TPSA) is 79.6 Å². The van der Waals surface area contributed by atoms with Crippen molar-refractivity contribution in [1.29, 1.82) is 0 Å². The molecule has 4 rings (SSSR count). The molecule has 6 nitrogen and oxygen atoms in total. The van der Waals surface area contributed by atoms with E-state index in [9.17, 15) is 13.2 Å². The number of nitrogens with zero attached hydrogens (tertiary/aromatic N) is 1. The van der Waals surface area contributed by atoms with E-state index in [1.807, 2.05) is 38.1 Å². The normalized spacial score (nSPS) is 18.1. The number of fused-ring (bicyclic) bond motifs is 1. The molecule has 29 heavy (non-hydrogen) atoms. The Labute approximate surface area is 170 Å². The van der Waals surface area contributed by atoms with Crippen LogP contribution in [0.3, 0.4) is 0 Å². The van der Waals surface area contributed by atoms with Crippen molar-refractivity contribution in [3.05, 3.63) is 59.9 Å². The molecule has 1 unspecified atom stereocenters. The second-order valence-electron chi connectivity index (χ2n) is 7.49. The summed E-state index contributed by atoms with van der Waals surface area (Å²) in [5, 5.41) is 3.68. The number of benzene rings is 2. The predicted octanol–water partition coefficient (Wildman–Crippen LogP) is 4.56. The summed E-state index contributed by atoms with van der Waals surface area (Å²) in [6, 6.07) is 13.8. The zero-order valence-corrected chi connectivity index (χ0v) is 17.3. The van der Waals surface area contributed by atoms with Crippen LogP contribution in [0.15, 0.2) is 57.8 Å². The van der Waals surface area contributed by atoms with Gasteiger partial charge in [0.1, 0.15) is 5.58 Å². The Bertz CT molecular complexity index is 1150. The van der Waals surface area contributed by atoms with Crippen LogP contribution in [0.25, 0.3) is 11.0 Å². The monoisotopic (exact) mass is 412 g/mol. The lowest BCUT2D eigenvalue weighted by molar-refractivity contribution is 0.0998. The van der Waals surface area contributed by atoms with E-state index in [0.29, 0.717) is 17.8 Å². The molecule has 0 aliphatic carbocycles. The lowest BCUT2D eigenvalue weighted by Crippen LogP contribution is -2.41. The first-order chi connectivity index (χ1) is 13.9. The number of amides is 1. The first-order valence-electron chi connectivity index (χ1n) is 9.79. The Morgan fingerprint density at radius 2 is 1.83 bits per heavy atom. The Balaban J connectivity index is 1.53. The van der Waals surface area contributed by atoms with Gasteiger partial charge >= 0.3 is 0 Å². The number of nitrogens with one attached hydrogen (secondary N) is 1. The van der Waals surface area contributed by atoms with Crippen LogP contribution in [0.5, 0.6) is 0 Å². The predicted molar refractivity (Wildman–Crippen MR) is 113 cm³/mol. The van der Waals surface area contributed by atoms with Crippen LogP contribution in [0.1, 0.15) is 42.3 Å². The summed E-state index contributed by atoms with van der Waals surface area (Å²) in [6.07, 6.45) is 2.82. The van der Waals surface area contributed by atoms with Crippen LogP contribution >= 0.6 is 0 Å². The number of hydrogen-bond acceptors (Lipinski definition) is 4. The maximum absolute atomic E-state index is 12.9. The maximum atomic E-state index is 12.9. The number of carbonyl (C=O) groups excluding carboxylic acids is 1. The molecule has 1 amide bonds. The second kappa shape index (κ2) is 7.65. The largest absolute Gasteiger partial charge is 0.451 e. The third kappa shape index (κ3) is 3.68. The lowest BCUT2D eigenvalue weighted by atomic mass is 10.1. The average Bonchev–Trinajstić information content (AvgIpc) is 3.06. The Morgan fingerprint density at radius 1 is 1.10 bits per heavy atom. The van der Waals surface area contributed by atoms with Crippen LogP contribution in [-0.4, -0.2) is 31.2 Å². The first kappa shape index (κ1) is 19.7. The number of anilines is 1. The number of carbonyl (C=O) groups is 1. The second-order valence-corrected chi connectivity index (χ2v) is 9.38. The van der Waals surface area contributed by atoms with Gasteiger partial charge in [-0.25, -0.2) is 8.42 Å². The van der Waals surface area contributed by atoms with Gasteiger partial charge in [0.25, 0.3) is 5.91 Å². The Kier molecular flexibility index (Phi) is 5.19. The SMILES string of the molecule is Cc1c(C(=O)Nc2ccc(S(=O)(=O)N3CCCCC3C)cc2)oc2ccccc12. The van der Waals surface area contributed by atoms with Crippen molar-refractivity contribution in [2.24, 2.45) is 0 Å². The zero-order valence-electron chi connectivity index (χ0n) is 16.5. The third-order valence-electron chi connectivity index (χ3n) is 5.51. The molecule has 1 atom stereocenters. The molecule has 152 valence electrons. The van der Waals surface area contributed by atoms with Gasteiger partial charge in [-0.1, -0.05) is 24.6 Å². The Morgan fingerprint density at radius 3 is 2.52 bits per heavy atom. The minimum absolute atomic E-state index is 0.00388. The number of para-hydroxylation sites is 1. The van der Waals surface area contributed by atoms with E-state index in [4.69, 9.17) is 4.42 Å². The summed E-state index contributed by atoms with van der Waals surface area (Å²) >= 11 is 0. The van der Waals surface area contributed by atoms with Crippen LogP contribution in [0, 0.1) is 6.92 Å². The molecule has 3 aromatic rings. The summed E-state index contributed by atoms with van der Waals surface area (Å²) in [5.74, 6) is -0.107. The van der Waals surface area contributed by atoms with E-state index < -0.39 is 10.0 Å². The Hall–Kier alpha value is -2.64. The van der Waals surface area contributed by atoms with E-state index in [1.165, 1.54) is 12.1 Å². The highest BCUT2D eigenvalue weighted by Crippen LogP contribution is 2.27. The van der Waals surface area contributed by atoms with Crippen molar-refractivity contribution < 1.29 is 17.6 Å². The fourth-order valence-electron chi connectivity index (χ4n) is 3.85. The number of hydrogen-bond donors (Lipinski definition) is 1. The quantitative estimate of drug-likeness (QED) is 0.681. The van der Waals surface area contributed by atoms with E-state index in [2.05, 4.69) is 5.32 Å². The standard InChI is InChI=1S/C22H24N2O4S/c1-15-7-5-6-14-24(15)29(26,27)18-12-10-17(11-13-18)23-22(25)21-16(2)19-8-3-4-9-20(19)28-21/h3-4,8-13,15H,5-7,14H2,1-2H3,(H,23,25). The van der Waals surface area contributed by atoms with Crippen molar-refractivity contribution in [3.63, 3.8) is 0 Å². The molecular weight excluding hydrogens is 388 g/mol.